The Kier molecular flexibility index (Phi) is 3.98. The molecular weight excluding hydrogens is 218 g/mol. The summed E-state index contributed by atoms with van der Waals surface area (Å²) in [6.45, 7) is 2.99. The van der Waals surface area contributed by atoms with Gasteiger partial charge in [-0.1, -0.05) is 18.2 Å². The van der Waals surface area contributed by atoms with E-state index in [0.29, 0.717) is 13.2 Å². The molecule has 0 aromatic heterocycles. The average molecular weight is 235 g/mol. The van der Waals surface area contributed by atoms with Crippen LogP contribution in [-0.4, -0.2) is 31.3 Å². The SMILES string of the molecule is C[C@H](Nc1ccccc1)C(=O)O[C@@H]1CCOC1. The van der Waals surface area contributed by atoms with E-state index in [0.717, 1.165) is 12.1 Å². The molecule has 1 fully saturated rings. The van der Waals surface area contributed by atoms with Gasteiger partial charge in [0, 0.05) is 12.1 Å². The number of hydrogen-bond acceptors (Lipinski definition) is 4. The second kappa shape index (κ2) is 5.68. The molecule has 0 aliphatic carbocycles. The minimum Gasteiger partial charge on any atom is -0.458 e. The molecule has 1 aromatic rings. The summed E-state index contributed by atoms with van der Waals surface area (Å²) in [6, 6.07) is 9.27. The van der Waals surface area contributed by atoms with E-state index in [1.807, 2.05) is 30.3 Å². The smallest absolute Gasteiger partial charge is 0.328 e. The van der Waals surface area contributed by atoms with Crippen LogP contribution < -0.4 is 5.32 Å². The minimum atomic E-state index is -0.349. The van der Waals surface area contributed by atoms with Crippen molar-refractivity contribution in [3.05, 3.63) is 30.3 Å². The topological polar surface area (TPSA) is 47.6 Å². The average Bonchev–Trinajstić information content (AvgIpc) is 2.83. The molecule has 1 saturated heterocycles. The van der Waals surface area contributed by atoms with Gasteiger partial charge < -0.3 is 14.8 Å². The van der Waals surface area contributed by atoms with Crippen LogP contribution in [0.4, 0.5) is 5.69 Å². The van der Waals surface area contributed by atoms with Crippen LogP contribution in [0.15, 0.2) is 30.3 Å². The van der Waals surface area contributed by atoms with Crippen molar-refractivity contribution >= 4 is 11.7 Å². The number of esters is 1. The van der Waals surface area contributed by atoms with Gasteiger partial charge in [0.05, 0.1) is 13.2 Å². The third-order valence-corrected chi connectivity index (χ3v) is 2.68. The number of nitrogens with one attached hydrogen (secondary N) is 1. The predicted octanol–water partition coefficient (Wildman–Crippen LogP) is 1.82. The third-order valence-electron chi connectivity index (χ3n) is 2.68. The van der Waals surface area contributed by atoms with E-state index in [1.54, 1.807) is 6.92 Å². The van der Waals surface area contributed by atoms with Crippen molar-refractivity contribution in [2.75, 3.05) is 18.5 Å². The number of para-hydroxylation sites is 1. The summed E-state index contributed by atoms with van der Waals surface area (Å²) in [4.78, 5) is 11.8. The quantitative estimate of drug-likeness (QED) is 0.809. The molecule has 0 unspecified atom stereocenters. The molecule has 4 heteroatoms. The Morgan fingerprint density at radius 2 is 2.24 bits per heavy atom. The van der Waals surface area contributed by atoms with E-state index in [-0.39, 0.29) is 18.1 Å². The van der Waals surface area contributed by atoms with Crippen molar-refractivity contribution < 1.29 is 14.3 Å². The van der Waals surface area contributed by atoms with Gasteiger partial charge in [-0.2, -0.15) is 0 Å². The number of rotatable bonds is 4. The maximum atomic E-state index is 11.8. The Morgan fingerprint density at radius 3 is 2.88 bits per heavy atom. The van der Waals surface area contributed by atoms with Crippen LogP contribution in [0, 0.1) is 0 Å². The molecule has 92 valence electrons. The van der Waals surface area contributed by atoms with Crippen molar-refractivity contribution in [3.63, 3.8) is 0 Å². The van der Waals surface area contributed by atoms with E-state index in [2.05, 4.69) is 5.32 Å². The van der Waals surface area contributed by atoms with Crippen molar-refractivity contribution in [3.8, 4) is 0 Å². The Hall–Kier alpha value is -1.55. The van der Waals surface area contributed by atoms with Gasteiger partial charge in [0.1, 0.15) is 12.1 Å². The van der Waals surface area contributed by atoms with Crippen LogP contribution in [0.3, 0.4) is 0 Å². The summed E-state index contributed by atoms with van der Waals surface area (Å²) in [6.07, 6.45) is 0.714. The first-order valence-corrected chi connectivity index (χ1v) is 5.85. The van der Waals surface area contributed by atoms with E-state index in [4.69, 9.17) is 9.47 Å². The zero-order chi connectivity index (χ0) is 12.1. The highest BCUT2D eigenvalue weighted by atomic mass is 16.6. The van der Waals surface area contributed by atoms with Crippen molar-refractivity contribution in [1.82, 2.24) is 0 Å². The van der Waals surface area contributed by atoms with Gasteiger partial charge in [-0.25, -0.2) is 4.79 Å². The molecule has 1 aliphatic rings. The number of benzene rings is 1. The summed E-state index contributed by atoms with van der Waals surface area (Å²) in [5, 5.41) is 3.10. The highest BCUT2D eigenvalue weighted by Crippen LogP contribution is 2.11. The maximum Gasteiger partial charge on any atom is 0.328 e. The lowest BCUT2D eigenvalue weighted by molar-refractivity contribution is -0.149. The van der Waals surface area contributed by atoms with Gasteiger partial charge in [-0.05, 0) is 19.1 Å². The molecule has 0 radical (unpaired) electrons. The van der Waals surface area contributed by atoms with E-state index in [1.165, 1.54) is 0 Å². The minimum absolute atomic E-state index is 0.0810. The number of carbonyl (C=O) groups excluding carboxylic acids is 1. The number of anilines is 1. The first-order chi connectivity index (χ1) is 8.25. The fourth-order valence-electron chi connectivity index (χ4n) is 1.72. The van der Waals surface area contributed by atoms with Crippen molar-refractivity contribution in [2.45, 2.75) is 25.5 Å². The normalized spacial score (nSPS) is 20.9. The highest BCUT2D eigenvalue weighted by Gasteiger charge is 2.23. The second-order valence-electron chi connectivity index (χ2n) is 4.15. The monoisotopic (exact) mass is 235 g/mol. The predicted molar refractivity (Wildman–Crippen MR) is 64.8 cm³/mol. The molecule has 2 rings (SSSR count). The van der Waals surface area contributed by atoms with Crippen LogP contribution in [0.1, 0.15) is 13.3 Å². The molecule has 2 atom stereocenters. The van der Waals surface area contributed by atoms with E-state index in [9.17, 15) is 4.79 Å². The summed E-state index contributed by atoms with van der Waals surface area (Å²) >= 11 is 0. The maximum absolute atomic E-state index is 11.8. The van der Waals surface area contributed by atoms with Crippen molar-refractivity contribution in [2.24, 2.45) is 0 Å². The Labute approximate surface area is 101 Å². The molecular formula is C13H17NO3. The van der Waals surface area contributed by atoms with Gasteiger partial charge >= 0.3 is 5.97 Å². The number of ether oxygens (including phenoxy) is 2. The summed E-state index contributed by atoms with van der Waals surface area (Å²) in [5.41, 5.74) is 0.916. The summed E-state index contributed by atoms with van der Waals surface area (Å²) in [5.74, 6) is -0.232. The zero-order valence-corrected chi connectivity index (χ0v) is 9.89. The molecule has 4 nitrogen and oxygen atoms in total. The van der Waals surface area contributed by atoms with E-state index >= 15 is 0 Å². The van der Waals surface area contributed by atoms with Crippen LogP contribution in [0.25, 0.3) is 0 Å². The molecule has 17 heavy (non-hydrogen) atoms. The van der Waals surface area contributed by atoms with Gasteiger partial charge in [-0.3, -0.25) is 0 Å². The van der Waals surface area contributed by atoms with Crippen LogP contribution in [0.5, 0.6) is 0 Å². The molecule has 1 heterocycles. The summed E-state index contributed by atoms with van der Waals surface area (Å²) < 4.78 is 10.5. The van der Waals surface area contributed by atoms with Crippen LogP contribution in [0.2, 0.25) is 0 Å². The number of hydrogen-bond donors (Lipinski definition) is 1. The van der Waals surface area contributed by atoms with Crippen LogP contribution in [-0.2, 0) is 14.3 Å². The molecule has 0 spiro atoms. The lowest BCUT2D eigenvalue weighted by atomic mass is 10.2. The lowest BCUT2D eigenvalue weighted by Crippen LogP contribution is -2.31. The van der Waals surface area contributed by atoms with Crippen LogP contribution >= 0.6 is 0 Å². The molecule has 0 bridgehead atoms. The highest BCUT2D eigenvalue weighted by molar-refractivity contribution is 5.78. The third kappa shape index (κ3) is 3.46. The first-order valence-electron chi connectivity index (χ1n) is 5.85. The summed E-state index contributed by atoms with van der Waals surface area (Å²) in [7, 11) is 0. The van der Waals surface area contributed by atoms with Gasteiger partial charge in [-0.15, -0.1) is 0 Å². The molecule has 1 aromatic carbocycles. The van der Waals surface area contributed by atoms with Gasteiger partial charge in [0.2, 0.25) is 0 Å². The number of carbonyl (C=O) groups is 1. The van der Waals surface area contributed by atoms with Gasteiger partial charge in [0.15, 0.2) is 0 Å². The van der Waals surface area contributed by atoms with E-state index < -0.39 is 0 Å². The molecule has 0 saturated carbocycles. The zero-order valence-electron chi connectivity index (χ0n) is 9.89. The fraction of sp³-hybridized carbons (Fsp3) is 0.462. The first kappa shape index (κ1) is 11.9. The fourth-order valence-corrected chi connectivity index (χ4v) is 1.72. The molecule has 0 amide bonds. The Morgan fingerprint density at radius 1 is 1.47 bits per heavy atom. The Balaban J connectivity index is 1.82. The molecule has 1 N–H and O–H groups in total. The molecule has 1 aliphatic heterocycles. The largest absolute Gasteiger partial charge is 0.458 e. The van der Waals surface area contributed by atoms with Crippen molar-refractivity contribution in [1.29, 1.82) is 0 Å². The standard InChI is InChI=1S/C13H17NO3/c1-10(14-11-5-3-2-4-6-11)13(15)17-12-7-8-16-9-12/h2-6,10,12,14H,7-9H2,1H3/t10-,12+/m0/s1. The lowest BCUT2D eigenvalue weighted by Gasteiger charge is -2.17. The Bertz CT molecular complexity index is 360. The van der Waals surface area contributed by atoms with Gasteiger partial charge in [0.25, 0.3) is 0 Å². The second-order valence-corrected chi connectivity index (χ2v) is 4.15.